The second-order valence-electron chi connectivity index (χ2n) is 7.73. The van der Waals surface area contributed by atoms with Crippen molar-refractivity contribution in [3.63, 3.8) is 0 Å². The van der Waals surface area contributed by atoms with E-state index in [-0.39, 0.29) is 35.4 Å². The van der Waals surface area contributed by atoms with Crippen molar-refractivity contribution in [1.82, 2.24) is 4.98 Å². The topological polar surface area (TPSA) is 97.4 Å². The fourth-order valence-corrected chi connectivity index (χ4v) is 5.17. The van der Waals surface area contributed by atoms with Crippen LogP contribution in [0.5, 0.6) is 0 Å². The molecule has 1 heterocycles. The number of rotatable bonds is 9. The zero-order chi connectivity index (χ0) is 22.9. The molecule has 2 aromatic rings. The summed E-state index contributed by atoms with van der Waals surface area (Å²) in [7, 11) is 0. The molecule has 1 saturated carbocycles. The molecule has 0 radical (unpaired) electrons. The Kier molecular flexibility index (Phi) is 9.11. The number of thioether (sulfide) groups is 1. The number of nitrogens with zero attached hydrogens (tertiary/aromatic N) is 1. The third kappa shape index (κ3) is 7.34. The second kappa shape index (κ2) is 12.0. The number of hydrogen-bond donors (Lipinski definition) is 2. The van der Waals surface area contributed by atoms with Crippen LogP contribution in [0.3, 0.4) is 0 Å². The Morgan fingerprint density at radius 3 is 2.75 bits per heavy atom. The number of thiazole rings is 1. The molecule has 172 valence electrons. The van der Waals surface area contributed by atoms with Crippen LogP contribution in [0.2, 0.25) is 0 Å². The second-order valence-corrected chi connectivity index (χ2v) is 10.00. The molecule has 9 heteroatoms. The van der Waals surface area contributed by atoms with E-state index in [9.17, 15) is 14.4 Å². The Bertz CT molecular complexity index is 941. The fourth-order valence-electron chi connectivity index (χ4n) is 3.53. The Hall–Kier alpha value is -2.39. The van der Waals surface area contributed by atoms with E-state index in [4.69, 9.17) is 4.74 Å². The van der Waals surface area contributed by atoms with E-state index in [1.54, 1.807) is 12.3 Å². The smallest absolute Gasteiger partial charge is 0.311 e. The monoisotopic (exact) mass is 475 g/mol. The number of ether oxygens (including phenoxy) is 1. The van der Waals surface area contributed by atoms with Crippen LogP contribution in [0.1, 0.15) is 51.6 Å². The lowest BCUT2D eigenvalue weighted by Gasteiger charge is -2.21. The first-order chi connectivity index (χ1) is 15.4. The van der Waals surface area contributed by atoms with E-state index in [1.807, 2.05) is 31.2 Å². The predicted octanol–water partition coefficient (Wildman–Crippen LogP) is 4.89. The molecule has 1 aromatic carbocycles. The zero-order valence-corrected chi connectivity index (χ0v) is 20.0. The van der Waals surface area contributed by atoms with Gasteiger partial charge in [0.15, 0.2) is 5.13 Å². The molecule has 1 aliphatic carbocycles. The molecular formula is C23H29N3O4S2. The van der Waals surface area contributed by atoms with Gasteiger partial charge in [-0.15, -0.1) is 23.1 Å². The van der Waals surface area contributed by atoms with E-state index < -0.39 is 0 Å². The van der Waals surface area contributed by atoms with Crippen molar-refractivity contribution in [2.75, 3.05) is 17.2 Å². The molecule has 1 unspecified atom stereocenters. The van der Waals surface area contributed by atoms with Crippen LogP contribution in [0, 0.1) is 5.92 Å². The van der Waals surface area contributed by atoms with Crippen LogP contribution >= 0.6 is 23.1 Å². The van der Waals surface area contributed by atoms with Crippen LogP contribution in [-0.4, -0.2) is 34.6 Å². The van der Waals surface area contributed by atoms with Gasteiger partial charge in [-0.2, -0.15) is 0 Å². The third-order valence-electron chi connectivity index (χ3n) is 5.17. The first kappa shape index (κ1) is 24.3. The van der Waals surface area contributed by atoms with Crippen LogP contribution in [0.25, 0.3) is 0 Å². The normalized spacial score (nSPS) is 15.1. The van der Waals surface area contributed by atoms with E-state index >= 15 is 0 Å². The highest BCUT2D eigenvalue weighted by Gasteiger charge is 2.21. The summed E-state index contributed by atoms with van der Waals surface area (Å²) in [5.41, 5.74) is 1.33. The molecule has 1 fully saturated rings. The van der Waals surface area contributed by atoms with Gasteiger partial charge in [-0.3, -0.25) is 14.4 Å². The quantitative estimate of drug-likeness (QED) is 0.396. The lowest BCUT2D eigenvalue weighted by atomic mass is 9.88. The summed E-state index contributed by atoms with van der Waals surface area (Å²) in [6.07, 6.45) is 5.44. The zero-order valence-electron chi connectivity index (χ0n) is 18.4. The maximum Gasteiger partial charge on any atom is 0.311 e. The summed E-state index contributed by atoms with van der Waals surface area (Å²) in [5, 5.41) is 7.65. The number of benzene rings is 1. The van der Waals surface area contributed by atoms with Crippen LogP contribution < -0.4 is 10.6 Å². The standard InChI is InChI=1S/C23H29N3O4S2/c1-3-30-20(27)13-18-14-31-23(25-18)26-21(28)15(2)32-19-11-7-10-17(12-19)24-22(29)16-8-5-4-6-9-16/h7,10-12,14-16H,3-6,8-9,13H2,1-2H3,(H,24,29)(H,25,26,28). The van der Waals surface area contributed by atoms with Crippen molar-refractivity contribution >= 4 is 51.7 Å². The maximum absolute atomic E-state index is 12.6. The summed E-state index contributed by atoms with van der Waals surface area (Å²) in [6, 6.07) is 7.57. The molecule has 1 aromatic heterocycles. The van der Waals surface area contributed by atoms with E-state index in [1.165, 1.54) is 29.5 Å². The number of anilines is 2. The Balaban J connectivity index is 1.51. The molecule has 7 nitrogen and oxygen atoms in total. The van der Waals surface area contributed by atoms with E-state index in [2.05, 4.69) is 15.6 Å². The van der Waals surface area contributed by atoms with Crippen LogP contribution in [0.15, 0.2) is 34.5 Å². The van der Waals surface area contributed by atoms with Gasteiger partial charge in [0.1, 0.15) is 0 Å². The molecule has 0 aliphatic heterocycles. The number of aromatic nitrogens is 1. The van der Waals surface area contributed by atoms with E-state index in [0.29, 0.717) is 17.4 Å². The average molecular weight is 476 g/mol. The lowest BCUT2D eigenvalue weighted by Crippen LogP contribution is -2.24. The molecule has 2 N–H and O–H groups in total. The Morgan fingerprint density at radius 2 is 2.00 bits per heavy atom. The number of carbonyl (C=O) groups excluding carboxylic acids is 3. The Labute approximate surface area is 196 Å². The molecule has 0 bridgehead atoms. The molecule has 0 saturated heterocycles. The molecular weight excluding hydrogens is 446 g/mol. The van der Waals surface area contributed by atoms with Crippen LogP contribution in [-0.2, 0) is 25.5 Å². The van der Waals surface area contributed by atoms with Gasteiger partial charge in [0.2, 0.25) is 11.8 Å². The maximum atomic E-state index is 12.6. The number of hydrogen-bond acceptors (Lipinski definition) is 7. The molecule has 0 spiro atoms. The van der Waals surface area contributed by atoms with Gasteiger partial charge >= 0.3 is 5.97 Å². The van der Waals surface area contributed by atoms with Crippen molar-refractivity contribution < 1.29 is 19.1 Å². The van der Waals surface area contributed by atoms with Gasteiger partial charge < -0.3 is 15.4 Å². The lowest BCUT2D eigenvalue weighted by molar-refractivity contribution is -0.142. The highest BCUT2D eigenvalue weighted by molar-refractivity contribution is 8.00. The summed E-state index contributed by atoms with van der Waals surface area (Å²) < 4.78 is 4.92. The van der Waals surface area contributed by atoms with Gasteiger partial charge in [-0.1, -0.05) is 25.3 Å². The highest BCUT2D eigenvalue weighted by Crippen LogP contribution is 2.29. The molecule has 1 aliphatic rings. The van der Waals surface area contributed by atoms with Gasteiger partial charge in [-0.25, -0.2) is 4.98 Å². The van der Waals surface area contributed by atoms with Crippen molar-refractivity contribution in [3.05, 3.63) is 35.3 Å². The number of carbonyl (C=O) groups is 3. The van der Waals surface area contributed by atoms with Gasteiger partial charge in [0.05, 0.1) is 24.0 Å². The average Bonchev–Trinajstić information content (AvgIpc) is 3.21. The summed E-state index contributed by atoms with van der Waals surface area (Å²) in [6.45, 7) is 3.90. The molecule has 32 heavy (non-hydrogen) atoms. The first-order valence-corrected chi connectivity index (χ1v) is 12.7. The molecule has 2 amide bonds. The SMILES string of the molecule is CCOC(=O)Cc1csc(NC(=O)C(C)Sc2cccc(NC(=O)C3CCCCC3)c2)n1. The van der Waals surface area contributed by atoms with Gasteiger partial charge in [0, 0.05) is 21.9 Å². The van der Waals surface area contributed by atoms with Crippen molar-refractivity contribution in [2.24, 2.45) is 5.92 Å². The number of nitrogens with one attached hydrogen (secondary N) is 2. The van der Waals surface area contributed by atoms with Gasteiger partial charge in [0.25, 0.3) is 0 Å². The van der Waals surface area contributed by atoms with Crippen molar-refractivity contribution in [3.8, 4) is 0 Å². The largest absolute Gasteiger partial charge is 0.466 e. The first-order valence-electron chi connectivity index (χ1n) is 10.9. The molecule has 1 atom stereocenters. The van der Waals surface area contributed by atoms with E-state index in [0.717, 1.165) is 36.3 Å². The summed E-state index contributed by atoms with van der Waals surface area (Å²) >= 11 is 2.69. The van der Waals surface area contributed by atoms with Crippen LogP contribution in [0.4, 0.5) is 10.8 Å². The highest BCUT2D eigenvalue weighted by atomic mass is 32.2. The fraction of sp³-hybridized carbons (Fsp3) is 0.478. The minimum Gasteiger partial charge on any atom is -0.466 e. The number of esters is 1. The Morgan fingerprint density at radius 1 is 1.22 bits per heavy atom. The minimum absolute atomic E-state index is 0.0834. The van der Waals surface area contributed by atoms with Crippen molar-refractivity contribution in [2.45, 2.75) is 62.5 Å². The minimum atomic E-state index is -0.364. The van der Waals surface area contributed by atoms with Gasteiger partial charge in [-0.05, 0) is 44.9 Å². The summed E-state index contributed by atoms with van der Waals surface area (Å²) in [5.74, 6) is -0.337. The predicted molar refractivity (Wildman–Crippen MR) is 128 cm³/mol. The third-order valence-corrected chi connectivity index (χ3v) is 7.07. The van der Waals surface area contributed by atoms with Crippen molar-refractivity contribution in [1.29, 1.82) is 0 Å². The summed E-state index contributed by atoms with van der Waals surface area (Å²) in [4.78, 5) is 41.8. The number of amides is 2. The molecule has 3 rings (SSSR count).